The zero-order chi connectivity index (χ0) is 13.0. The fourth-order valence-electron chi connectivity index (χ4n) is 2.26. The first-order chi connectivity index (χ1) is 8.70. The molecule has 18 heavy (non-hydrogen) atoms. The van der Waals surface area contributed by atoms with E-state index in [1.54, 1.807) is 0 Å². The summed E-state index contributed by atoms with van der Waals surface area (Å²) < 4.78 is 5.74. The first-order valence-corrected chi connectivity index (χ1v) is 6.37. The number of allylic oxidation sites excluding steroid dienone is 1. The van der Waals surface area contributed by atoms with Gasteiger partial charge in [0, 0.05) is 6.54 Å². The van der Waals surface area contributed by atoms with Crippen LogP contribution in [-0.2, 0) is 11.2 Å². The van der Waals surface area contributed by atoms with Crippen LogP contribution >= 0.6 is 0 Å². The quantitative estimate of drug-likeness (QED) is 0.833. The van der Waals surface area contributed by atoms with Gasteiger partial charge in [-0.05, 0) is 37.2 Å². The van der Waals surface area contributed by atoms with Crippen molar-refractivity contribution in [2.75, 3.05) is 33.9 Å². The summed E-state index contributed by atoms with van der Waals surface area (Å²) in [6.45, 7) is 1.27. The molecule has 1 atom stereocenters. The molecule has 1 aromatic rings. The summed E-state index contributed by atoms with van der Waals surface area (Å²) in [5.41, 5.74) is 3.87. The van der Waals surface area contributed by atoms with Crippen molar-refractivity contribution in [1.29, 1.82) is 0 Å². The highest BCUT2D eigenvalue weighted by Crippen LogP contribution is 2.25. The van der Waals surface area contributed by atoms with Gasteiger partial charge in [0.2, 0.25) is 0 Å². The SMILES string of the molecule is CN(C)CC(OCCO)c1ccc2c(c1)CC=C2. The van der Waals surface area contributed by atoms with Gasteiger partial charge in [-0.25, -0.2) is 0 Å². The van der Waals surface area contributed by atoms with Gasteiger partial charge in [-0.1, -0.05) is 30.4 Å². The Hall–Kier alpha value is -1.16. The Balaban J connectivity index is 2.14. The van der Waals surface area contributed by atoms with E-state index in [1.165, 1.54) is 16.7 Å². The third kappa shape index (κ3) is 3.19. The number of aliphatic hydroxyl groups is 1. The van der Waals surface area contributed by atoms with E-state index in [-0.39, 0.29) is 12.7 Å². The van der Waals surface area contributed by atoms with Crippen molar-refractivity contribution in [2.24, 2.45) is 0 Å². The standard InChI is InChI=1S/C15H21NO2/c1-16(2)11-15(18-9-8-17)14-7-6-12-4-3-5-13(12)10-14/h3-4,6-7,10,15,17H,5,8-9,11H2,1-2H3. The highest BCUT2D eigenvalue weighted by Gasteiger charge is 2.15. The molecule has 1 N–H and O–H groups in total. The lowest BCUT2D eigenvalue weighted by Gasteiger charge is -2.22. The van der Waals surface area contributed by atoms with Crippen molar-refractivity contribution >= 4 is 6.08 Å². The molecule has 0 spiro atoms. The lowest BCUT2D eigenvalue weighted by atomic mass is 10.0. The van der Waals surface area contributed by atoms with E-state index in [0.29, 0.717) is 6.61 Å². The molecular formula is C15H21NO2. The van der Waals surface area contributed by atoms with Crippen LogP contribution in [0.3, 0.4) is 0 Å². The van der Waals surface area contributed by atoms with Crippen LogP contribution in [0.2, 0.25) is 0 Å². The Morgan fingerprint density at radius 1 is 1.39 bits per heavy atom. The normalized spacial score (nSPS) is 15.1. The summed E-state index contributed by atoms with van der Waals surface area (Å²) >= 11 is 0. The van der Waals surface area contributed by atoms with Crippen LogP contribution in [0.15, 0.2) is 24.3 Å². The molecule has 2 rings (SSSR count). The highest BCUT2D eigenvalue weighted by molar-refractivity contribution is 5.60. The Labute approximate surface area is 109 Å². The molecule has 1 aliphatic rings. The average Bonchev–Trinajstić information content (AvgIpc) is 2.81. The number of likely N-dealkylation sites (N-methyl/N-ethyl adjacent to an activating group) is 1. The number of hydrogen-bond donors (Lipinski definition) is 1. The molecule has 0 heterocycles. The van der Waals surface area contributed by atoms with Gasteiger partial charge >= 0.3 is 0 Å². The first-order valence-electron chi connectivity index (χ1n) is 6.37. The lowest BCUT2D eigenvalue weighted by molar-refractivity contribution is 0.0141. The third-order valence-electron chi connectivity index (χ3n) is 3.12. The molecule has 3 heteroatoms. The Kier molecular flexibility index (Phi) is 4.53. The van der Waals surface area contributed by atoms with E-state index in [1.807, 2.05) is 14.1 Å². The fraction of sp³-hybridized carbons (Fsp3) is 0.467. The van der Waals surface area contributed by atoms with Gasteiger partial charge in [0.25, 0.3) is 0 Å². The van der Waals surface area contributed by atoms with Gasteiger partial charge in [0.15, 0.2) is 0 Å². The monoisotopic (exact) mass is 247 g/mol. The maximum absolute atomic E-state index is 8.90. The minimum Gasteiger partial charge on any atom is -0.394 e. The predicted molar refractivity (Wildman–Crippen MR) is 73.5 cm³/mol. The summed E-state index contributed by atoms with van der Waals surface area (Å²) in [5.74, 6) is 0. The number of nitrogens with zero attached hydrogens (tertiary/aromatic N) is 1. The number of fused-ring (bicyclic) bond motifs is 1. The topological polar surface area (TPSA) is 32.7 Å². The maximum Gasteiger partial charge on any atom is 0.0952 e. The molecule has 0 aliphatic heterocycles. The number of hydrogen-bond acceptors (Lipinski definition) is 3. The molecule has 0 aromatic heterocycles. The van der Waals surface area contributed by atoms with Crippen molar-refractivity contribution in [1.82, 2.24) is 4.90 Å². The van der Waals surface area contributed by atoms with Gasteiger partial charge in [-0.2, -0.15) is 0 Å². The molecule has 0 saturated heterocycles. The van der Waals surface area contributed by atoms with Crippen LogP contribution < -0.4 is 0 Å². The van der Waals surface area contributed by atoms with Crippen molar-refractivity contribution in [3.8, 4) is 0 Å². The highest BCUT2D eigenvalue weighted by atomic mass is 16.5. The van der Waals surface area contributed by atoms with Crippen molar-refractivity contribution in [3.63, 3.8) is 0 Å². The van der Waals surface area contributed by atoms with Gasteiger partial charge < -0.3 is 14.7 Å². The smallest absolute Gasteiger partial charge is 0.0952 e. The van der Waals surface area contributed by atoms with E-state index in [0.717, 1.165) is 13.0 Å². The van der Waals surface area contributed by atoms with E-state index in [9.17, 15) is 0 Å². The summed E-state index contributed by atoms with van der Waals surface area (Å²) in [6.07, 6.45) is 5.38. The molecule has 1 aromatic carbocycles. The number of rotatable bonds is 6. The Morgan fingerprint density at radius 3 is 2.94 bits per heavy atom. The number of ether oxygens (including phenoxy) is 1. The molecule has 3 nitrogen and oxygen atoms in total. The van der Waals surface area contributed by atoms with Crippen molar-refractivity contribution < 1.29 is 9.84 Å². The zero-order valence-corrected chi connectivity index (χ0v) is 11.1. The van der Waals surface area contributed by atoms with Crippen molar-refractivity contribution in [3.05, 3.63) is 41.0 Å². The van der Waals surface area contributed by atoms with Crippen LogP contribution in [0.1, 0.15) is 22.8 Å². The van der Waals surface area contributed by atoms with E-state index < -0.39 is 0 Å². The Morgan fingerprint density at radius 2 is 2.22 bits per heavy atom. The number of aliphatic hydroxyl groups excluding tert-OH is 1. The molecule has 0 bridgehead atoms. The van der Waals surface area contributed by atoms with E-state index in [4.69, 9.17) is 9.84 Å². The van der Waals surface area contributed by atoms with Crippen LogP contribution in [-0.4, -0.2) is 43.9 Å². The average molecular weight is 247 g/mol. The minimum atomic E-state index is 0.0260. The summed E-state index contributed by atoms with van der Waals surface area (Å²) in [4.78, 5) is 2.10. The van der Waals surface area contributed by atoms with Crippen LogP contribution in [0.4, 0.5) is 0 Å². The van der Waals surface area contributed by atoms with Crippen LogP contribution in [0.5, 0.6) is 0 Å². The molecule has 98 valence electrons. The van der Waals surface area contributed by atoms with Crippen LogP contribution in [0, 0.1) is 0 Å². The fourth-order valence-corrected chi connectivity index (χ4v) is 2.26. The third-order valence-corrected chi connectivity index (χ3v) is 3.12. The second-order valence-electron chi connectivity index (χ2n) is 4.91. The number of benzene rings is 1. The van der Waals surface area contributed by atoms with Gasteiger partial charge in [0.05, 0.1) is 19.3 Å². The second-order valence-corrected chi connectivity index (χ2v) is 4.91. The van der Waals surface area contributed by atoms with E-state index in [2.05, 4.69) is 35.3 Å². The van der Waals surface area contributed by atoms with Gasteiger partial charge in [-0.15, -0.1) is 0 Å². The van der Waals surface area contributed by atoms with E-state index >= 15 is 0 Å². The molecule has 0 fully saturated rings. The summed E-state index contributed by atoms with van der Waals surface area (Å²) in [5, 5.41) is 8.90. The van der Waals surface area contributed by atoms with Gasteiger partial charge in [-0.3, -0.25) is 0 Å². The summed E-state index contributed by atoms with van der Waals surface area (Å²) in [7, 11) is 4.06. The van der Waals surface area contributed by atoms with Crippen LogP contribution in [0.25, 0.3) is 6.08 Å². The molecule has 0 radical (unpaired) electrons. The molecule has 0 amide bonds. The predicted octanol–water partition coefficient (Wildman–Crippen LogP) is 1.87. The molecule has 1 aliphatic carbocycles. The minimum absolute atomic E-state index is 0.0260. The second kappa shape index (κ2) is 6.14. The first kappa shape index (κ1) is 13.3. The molecule has 0 saturated carbocycles. The maximum atomic E-state index is 8.90. The zero-order valence-electron chi connectivity index (χ0n) is 11.1. The van der Waals surface area contributed by atoms with Crippen molar-refractivity contribution in [2.45, 2.75) is 12.5 Å². The summed E-state index contributed by atoms with van der Waals surface area (Å²) in [6, 6.07) is 6.50. The largest absolute Gasteiger partial charge is 0.394 e. The Bertz CT molecular complexity index is 427. The lowest BCUT2D eigenvalue weighted by Crippen LogP contribution is -2.23. The molecular weight excluding hydrogens is 226 g/mol. The van der Waals surface area contributed by atoms with Gasteiger partial charge in [0.1, 0.15) is 0 Å². The molecule has 1 unspecified atom stereocenters.